The molecule has 1 atom stereocenters. The SMILES string of the molecule is CC(C)CC1NCCC2=C1Cc1c(Cl)cccc12. The van der Waals surface area contributed by atoms with E-state index in [9.17, 15) is 0 Å². The predicted octanol–water partition coefficient (Wildman–Crippen LogP) is 4.06. The molecule has 0 fully saturated rings. The zero-order valence-electron chi connectivity index (χ0n) is 11.1. The molecule has 0 amide bonds. The van der Waals surface area contributed by atoms with Crippen LogP contribution in [0.2, 0.25) is 5.02 Å². The van der Waals surface area contributed by atoms with Crippen molar-refractivity contribution < 1.29 is 0 Å². The highest BCUT2D eigenvalue weighted by Crippen LogP contribution is 2.42. The molecule has 1 nitrogen and oxygen atoms in total. The van der Waals surface area contributed by atoms with Crippen LogP contribution in [0.15, 0.2) is 23.8 Å². The van der Waals surface area contributed by atoms with Gasteiger partial charge >= 0.3 is 0 Å². The molecule has 1 aliphatic heterocycles. The van der Waals surface area contributed by atoms with Gasteiger partial charge in [-0.15, -0.1) is 0 Å². The van der Waals surface area contributed by atoms with Crippen molar-refractivity contribution in [3.8, 4) is 0 Å². The van der Waals surface area contributed by atoms with Crippen LogP contribution in [0.1, 0.15) is 37.8 Å². The van der Waals surface area contributed by atoms with Gasteiger partial charge in [0, 0.05) is 11.1 Å². The Morgan fingerprint density at radius 3 is 3.00 bits per heavy atom. The number of halogens is 1. The van der Waals surface area contributed by atoms with Crippen LogP contribution in [0, 0.1) is 5.92 Å². The summed E-state index contributed by atoms with van der Waals surface area (Å²) in [4.78, 5) is 0. The molecule has 1 heterocycles. The van der Waals surface area contributed by atoms with Crippen molar-refractivity contribution in [2.45, 2.75) is 39.2 Å². The zero-order valence-corrected chi connectivity index (χ0v) is 11.8. The molecule has 0 spiro atoms. The molecule has 1 aromatic carbocycles. The largest absolute Gasteiger partial charge is 0.310 e. The average Bonchev–Trinajstić information content (AvgIpc) is 2.70. The minimum Gasteiger partial charge on any atom is -0.310 e. The summed E-state index contributed by atoms with van der Waals surface area (Å²) in [5.41, 5.74) is 5.92. The van der Waals surface area contributed by atoms with E-state index in [-0.39, 0.29) is 0 Å². The molecule has 1 N–H and O–H groups in total. The van der Waals surface area contributed by atoms with Crippen molar-refractivity contribution in [2.24, 2.45) is 5.92 Å². The normalized spacial score (nSPS) is 22.3. The predicted molar refractivity (Wildman–Crippen MR) is 77.9 cm³/mol. The summed E-state index contributed by atoms with van der Waals surface area (Å²) in [7, 11) is 0. The highest BCUT2D eigenvalue weighted by Gasteiger charge is 2.30. The number of benzene rings is 1. The first-order chi connectivity index (χ1) is 8.66. The molecule has 2 heteroatoms. The van der Waals surface area contributed by atoms with Gasteiger partial charge in [-0.25, -0.2) is 0 Å². The van der Waals surface area contributed by atoms with Crippen LogP contribution in [0.5, 0.6) is 0 Å². The van der Waals surface area contributed by atoms with Crippen molar-refractivity contribution in [3.05, 3.63) is 39.9 Å². The van der Waals surface area contributed by atoms with Gasteiger partial charge in [0.2, 0.25) is 0 Å². The van der Waals surface area contributed by atoms with E-state index in [1.165, 1.54) is 17.5 Å². The lowest BCUT2D eigenvalue weighted by Crippen LogP contribution is -2.36. The van der Waals surface area contributed by atoms with Crippen molar-refractivity contribution in [1.29, 1.82) is 0 Å². The minimum atomic E-state index is 0.553. The fourth-order valence-electron chi connectivity index (χ4n) is 3.31. The van der Waals surface area contributed by atoms with Gasteiger partial charge in [-0.3, -0.25) is 0 Å². The lowest BCUT2D eigenvalue weighted by Gasteiger charge is -2.28. The second-order valence-electron chi connectivity index (χ2n) is 5.83. The number of hydrogen-bond acceptors (Lipinski definition) is 1. The smallest absolute Gasteiger partial charge is 0.0447 e. The summed E-state index contributed by atoms with van der Waals surface area (Å²) >= 11 is 6.34. The van der Waals surface area contributed by atoms with Crippen LogP contribution in [-0.4, -0.2) is 12.6 Å². The fourth-order valence-corrected chi connectivity index (χ4v) is 3.55. The second-order valence-corrected chi connectivity index (χ2v) is 6.24. The number of fused-ring (bicyclic) bond motifs is 2. The van der Waals surface area contributed by atoms with E-state index in [0.717, 1.165) is 30.3 Å². The van der Waals surface area contributed by atoms with Gasteiger partial charge in [0.1, 0.15) is 0 Å². The summed E-state index contributed by atoms with van der Waals surface area (Å²) in [5.74, 6) is 0.730. The lowest BCUT2D eigenvalue weighted by atomic mass is 9.89. The Balaban J connectivity index is 1.97. The van der Waals surface area contributed by atoms with Crippen LogP contribution in [-0.2, 0) is 6.42 Å². The van der Waals surface area contributed by atoms with E-state index in [0.29, 0.717) is 6.04 Å². The topological polar surface area (TPSA) is 12.0 Å². The first kappa shape index (κ1) is 12.3. The first-order valence-corrected chi connectivity index (χ1v) is 7.27. The fraction of sp³-hybridized carbons (Fsp3) is 0.500. The van der Waals surface area contributed by atoms with Crippen LogP contribution < -0.4 is 5.32 Å². The Morgan fingerprint density at radius 2 is 2.22 bits per heavy atom. The van der Waals surface area contributed by atoms with E-state index >= 15 is 0 Å². The zero-order chi connectivity index (χ0) is 12.7. The summed E-state index contributed by atoms with van der Waals surface area (Å²) in [6.07, 6.45) is 3.43. The Morgan fingerprint density at radius 1 is 1.39 bits per heavy atom. The molecule has 0 radical (unpaired) electrons. The summed E-state index contributed by atoms with van der Waals surface area (Å²) < 4.78 is 0. The van der Waals surface area contributed by atoms with Crippen molar-refractivity contribution in [2.75, 3.05) is 6.54 Å². The molecule has 0 saturated heterocycles. The molecule has 1 unspecified atom stereocenters. The Kier molecular flexibility index (Phi) is 3.21. The molecule has 1 aliphatic carbocycles. The Bertz CT molecular complexity index is 502. The third-order valence-electron chi connectivity index (χ3n) is 4.09. The van der Waals surface area contributed by atoms with Crippen molar-refractivity contribution in [3.63, 3.8) is 0 Å². The molecule has 18 heavy (non-hydrogen) atoms. The van der Waals surface area contributed by atoms with Crippen molar-refractivity contribution in [1.82, 2.24) is 5.32 Å². The van der Waals surface area contributed by atoms with Gasteiger partial charge in [-0.2, -0.15) is 0 Å². The summed E-state index contributed by atoms with van der Waals surface area (Å²) in [5, 5.41) is 4.61. The van der Waals surface area contributed by atoms with Crippen LogP contribution in [0.4, 0.5) is 0 Å². The lowest BCUT2D eigenvalue weighted by molar-refractivity contribution is 0.449. The van der Waals surface area contributed by atoms with E-state index in [4.69, 9.17) is 11.6 Å². The Hall–Kier alpha value is -0.790. The maximum atomic E-state index is 6.34. The summed E-state index contributed by atoms with van der Waals surface area (Å²) in [6.45, 7) is 5.69. The maximum absolute atomic E-state index is 6.34. The second kappa shape index (κ2) is 4.71. The maximum Gasteiger partial charge on any atom is 0.0447 e. The van der Waals surface area contributed by atoms with Gasteiger partial charge in [0.05, 0.1) is 0 Å². The van der Waals surface area contributed by atoms with E-state index in [2.05, 4.69) is 31.3 Å². The third kappa shape index (κ3) is 2.00. The van der Waals surface area contributed by atoms with Gasteiger partial charge in [0.25, 0.3) is 0 Å². The third-order valence-corrected chi connectivity index (χ3v) is 4.45. The average molecular weight is 262 g/mol. The molecular weight excluding hydrogens is 242 g/mol. The van der Waals surface area contributed by atoms with E-state index < -0.39 is 0 Å². The molecule has 1 aromatic rings. The quantitative estimate of drug-likeness (QED) is 0.847. The highest BCUT2D eigenvalue weighted by molar-refractivity contribution is 6.31. The minimum absolute atomic E-state index is 0.553. The molecule has 2 aliphatic rings. The molecule has 0 aromatic heterocycles. The van der Waals surface area contributed by atoms with Gasteiger partial charge in [-0.05, 0) is 60.1 Å². The van der Waals surface area contributed by atoms with Crippen LogP contribution in [0.25, 0.3) is 5.57 Å². The number of hydrogen-bond donors (Lipinski definition) is 1. The van der Waals surface area contributed by atoms with E-state index in [1.807, 2.05) is 6.07 Å². The molecule has 96 valence electrons. The monoisotopic (exact) mass is 261 g/mol. The van der Waals surface area contributed by atoms with Crippen LogP contribution >= 0.6 is 11.6 Å². The van der Waals surface area contributed by atoms with E-state index in [1.54, 1.807) is 11.1 Å². The standard InChI is InChI=1S/C16H20ClN/c1-10(2)8-16-14-9-13-11(4-3-5-15(13)17)12(14)6-7-18-16/h3-5,10,16,18H,6-9H2,1-2H3. The summed E-state index contributed by atoms with van der Waals surface area (Å²) in [6, 6.07) is 6.89. The number of rotatable bonds is 2. The Labute approximate surface area is 114 Å². The van der Waals surface area contributed by atoms with Crippen LogP contribution in [0.3, 0.4) is 0 Å². The molecule has 3 rings (SSSR count). The highest BCUT2D eigenvalue weighted by atomic mass is 35.5. The number of nitrogens with one attached hydrogen (secondary N) is 1. The van der Waals surface area contributed by atoms with Gasteiger partial charge < -0.3 is 5.32 Å². The molecule has 0 bridgehead atoms. The molecule has 0 saturated carbocycles. The van der Waals surface area contributed by atoms with Gasteiger partial charge in [-0.1, -0.05) is 37.6 Å². The van der Waals surface area contributed by atoms with Crippen molar-refractivity contribution >= 4 is 17.2 Å². The first-order valence-electron chi connectivity index (χ1n) is 6.90. The van der Waals surface area contributed by atoms with Gasteiger partial charge in [0.15, 0.2) is 0 Å². The molecular formula is C16H20ClN.